The fourth-order valence-electron chi connectivity index (χ4n) is 1.85. The van der Waals surface area contributed by atoms with Gasteiger partial charge in [0.1, 0.15) is 5.52 Å². The maximum Gasteiger partial charge on any atom is 0.271 e. The standard InChI is InChI=1S/C12H8N4O3/c17-15-11-7-9(16(18)19)1-2-10(11)14-12(15)8-3-5-13-6-4-8/h1-7,17H. The Bertz CT molecular complexity index is 767. The average molecular weight is 256 g/mol. The van der Waals surface area contributed by atoms with Gasteiger partial charge in [0.15, 0.2) is 5.82 Å². The lowest BCUT2D eigenvalue weighted by molar-refractivity contribution is -0.384. The van der Waals surface area contributed by atoms with E-state index in [1.807, 2.05) is 0 Å². The highest BCUT2D eigenvalue weighted by Crippen LogP contribution is 2.25. The first-order valence-electron chi connectivity index (χ1n) is 5.43. The van der Waals surface area contributed by atoms with Gasteiger partial charge in [0.2, 0.25) is 0 Å². The zero-order valence-electron chi connectivity index (χ0n) is 9.59. The van der Waals surface area contributed by atoms with Crippen molar-refractivity contribution in [3.63, 3.8) is 0 Å². The summed E-state index contributed by atoms with van der Waals surface area (Å²) in [5, 5.41) is 20.8. The van der Waals surface area contributed by atoms with Crippen LogP contribution in [0.3, 0.4) is 0 Å². The molecular weight excluding hydrogens is 248 g/mol. The van der Waals surface area contributed by atoms with E-state index in [1.165, 1.54) is 18.2 Å². The van der Waals surface area contributed by atoms with Crippen LogP contribution in [0.2, 0.25) is 0 Å². The van der Waals surface area contributed by atoms with Crippen LogP contribution >= 0.6 is 0 Å². The quantitative estimate of drug-likeness (QED) is 0.431. The van der Waals surface area contributed by atoms with Crippen LogP contribution in [0, 0.1) is 10.1 Å². The average Bonchev–Trinajstić information content (AvgIpc) is 2.77. The lowest BCUT2D eigenvalue weighted by atomic mass is 10.2. The number of nitro benzene ring substituents is 1. The molecule has 0 aliphatic rings. The highest BCUT2D eigenvalue weighted by Gasteiger charge is 2.15. The van der Waals surface area contributed by atoms with Gasteiger partial charge in [-0.15, -0.1) is 0 Å². The second-order valence-corrected chi connectivity index (χ2v) is 3.91. The van der Waals surface area contributed by atoms with Crippen LogP contribution < -0.4 is 0 Å². The Morgan fingerprint density at radius 2 is 1.95 bits per heavy atom. The van der Waals surface area contributed by atoms with Crippen molar-refractivity contribution in [2.45, 2.75) is 0 Å². The van der Waals surface area contributed by atoms with Crippen molar-refractivity contribution < 1.29 is 10.1 Å². The van der Waals surface area contributed by atoms with Gasteiger partial charge in [0.05, 0.1) is 10.4 Å². The molecule has 0 saturated heterocycles. The predicted octanol–water partition coefficient (Wildman–Crippen LogP) is 2.24. The van der Waals surface area contributed by atoms with Gasteiger partial charge in [-0.3, -0.25) is 15.1 Å². The normalized spacial score (nSPS) is 10.7. The van der Waals surface area contributed by atoms with E-state index in [9.17, 15) is 15.3 Å². The molecule has 19 heavy (non-hydrogen) atoms. The molecule has 2 heterocycles. The van der Waals surface area contributed by atoms with E-state index in [-0.39, 0.29) is 5.69 Å². The number of non-ortho nitro benzene ring substituents is 1. The summed E-state index contributed by atoms with van der Waals surface area (Å²) >= 11 is 0. The minimum absolute atomic E-state index is 0.0935. The Morgan fingerprint density at radius 3 is 2.63 bits per heavy atom. The third kappa shape index (κ3) is 1.77. The molecule has 0 atom stereocenters. The molecule has 0 aliphatic heterocycles. The number of nitrogens with zero attached hydrogens (tertiary/aromatic N) is 4. The smallest absolute Gasteiger partial charge is 0.271 e. The van der Waals surface area contributed by atoms with E-state index < -0.39 is 4.92 Å². The van der Waals surface area contributed by atoms with E-state index in [2.05, 4.69) is 9.97 Å². The topological polar surface area (TPSA) is 94.1 Å². The third-order valence-corrected chi connectivity index (χ3v) is 2.76. The van der Waals surface area contributed by atoms with E-state index in [0.29, 0.717) is 22.4 Å². The maximum atomic E-state index is 10.7. The number of hydrogen-bond donors (Lipinski definition) is 1. The van der Waals surface area contributed by atoms with Crippen LogP contribution in [0.25, 0.3) is 22.4 Å². The molecule has 0 unspecified atom stereocenters. The molecule has 1 aromatic carbocycles. The molecule has 1 N–H and O–H groups in total. The van der Waals surface area contributed by atoms with Crippen molar-refractivity contribution in [1.29, 1.82) is 0 Å². The number of pyridine rings is 1. The molecule has 7 heteroatoms. The van der Waals surface area contributed by atoms with Crippen molar-refractivity contribution in [3.05, 3.63) is 52.8 Å². The van der Waals surface area contributed by atoms with Crippen LogP contribution in [-0.2, 0) is 0 Å². The summed E-state index contributed by atoms with van der Waals surface area (Å²) in [6, 6.07) is 7.54. The Kier molecular flexibility index (Phi) is 2.38. The summed E-state index contributed by atoms with van der Waals surface area (Å²) in [4.78, 5) is 18.3. The molecular formula is C12H8N4O3. The SMILES string of the molecule is O=[N+]([O-])c1ccc2nc(-c3ccncc3)n(O)c2c1. The van der Waals surface area contributed by atoms with Gasteiger partial charge < -0.3 is 5.21 Å². The number of nitro groups is 1. The third-order valence-electron chi connectivity index (χ3n) is 2.76. The fraction of sp³-hybridized carbons (Fsp3) is 0. The van der Waals surface area contributed by atoms with Gasteiger partial charge in [0, 0.05) is 30.1 Å². The van der Waals surface area contributed by atoms with Gasteiger partial charge in [-0.2, -0.15) is 4.73 Å². The van der Waals surface area contributed by atoms with E-state index in [4.69, 9.17) is 0 Å². The lowest BCUT2D eigenvalue weighted by Crippen LogP contribution is -1.94. The number of imidazole rings is 1. The van der Waals surface area contributed by atoms with Crippen LogP contribution in [-0.4, -0.2) is 24.8 Å². The molecule has 0 spiro atoms. The molecule has 0 bridgehead atoms. The number of fused-ring (bicyclic) bond motifs is 1. The van der Waals surface area contributed by atoms with Crippen molar-refractivity contribution >= 4 is 16.7 Å². The van der Waals surface area contributed by atoms with Crippen LogP contribution in [0.5, 0.6) is 0 Å². The largest absolute Gasteiger partial charge is 0.426 e. The molecule has 0 amide bonds. The molecule has 2 aromatic heterocycles. The summed E-state index contributed by atoms with van der Waals surface area (Å²) in [5.41, 5.74) is 1.36. The van der Waals surface area contributed by atoms with Crippen LogP contribution in [0.4, 0.5) is 5.69 Å². The first-order chi connectivity index (χ1) is 9.16. The molecule has 7 nitrogen and oxygen atoms in total. The lowest BCUT2D eigenvalue weighted by Gasteiger charge is -1.99. The maximum absolute atomic E-state index is 10.7. The van der Waals surface area contributed by atoms with Crippen molar-refractivity contribution in [2.75, 3.05) is 0 Å². The van der Waals surface area contributed by atoms with Crippen LogP contribution in [0.15, 0.2) is 42.7 Å². The van der Waals surface area contributed by atoms with Gasteiger partial charge >= 0.3 is 0 Å². The summed E-state index contributed by atoms with van der Waals surface area (Å²) in [6.45, 7) is 0. The molecule has 0 fully saturated rings. The van der Waals surface area contributed by atoms with Gasteiger partial charge in [-0.05, 0) is 18.2 Å². The molecule has 94 valence electrons. The predicted molar refractivity (Wildman–Crippen MR) is 66.8 cm³/mol. The number of rotatable bonds is 2. The Labute approximate surface area is 106 Å². The van der Waals surface area contributed by atoms with Crippen molar-refractivity contribution in [1.82, 2.24) is 14.7 Å². The zero-order valence-corrected chi connectivity index (χ0v) is 9.59. The highest BCUT2D eigenvalue weighted by atomic mass is 16.6. The zero-order chi connectivity index (χ0) is 13.4. The van der Waals surface area contributed by atoms with Gasteiger partial charge in [-0.1, -0.05) is 0 Å². The Hall–Kier alpha value is -2.96. The Morgan fingerprint density at radius 1 is 1.21 bits per heavy atom. The molecule has 0 saturated carbocycles. The van der Waals surface area contributed by atoms with Gasteiger partial charge in [0.25, 0.3) is 5.69 Å². The second-order valence-electron chi connectivity index (χ2n) is 3.91. The summed E-state index contributed by atoms with van der Waals surface area (Å²) in [6.07, 6.45) is 3.16. The fourth-order valence-corrected chi connectivity index (χ4v) is 1.85. The number of aromatic nitrogens is 3. The highest BCUT2D eigenvalue weighted by molar-refractivity contribution is 5.82. The number of benzene rings is 1. The van der Waals surface area contributed by atoms with Crippen molar-refractivity contribution in [3.8, 4) is 11.4 Å². The van der Waals surface area contributed by atoms with E-state index in [0.717, 1.165) is 4.73 Å². The van der Waals surface area contributed by atoms with Crippen molar-refractivity contribution in [2.24, 2.45) is 0 Å². The first kappa shape index (κ1) is 11.1. The summed E-state index contributed by atoms with van der Waals surface area (Å²) < 4.78 is 0.845. The minimum atomic E-state index is -0.515. The molecule has 3 rings (SSSR count). The summed E-state index contributed by atoms with van der Waals surface area (Å²) in [7, 11) is 0. The molecule has 0 radical (unpaired) electrons. The monoisotopic (exact) mass is 256 g/mol. The van der Waals surface area contributed by atoms with E-state index >= 15 is 0 Å². The Balaban J connectivity index is 2.24. The minimum Gasteiger partial charge on any atom is -0.426 e. The first-order valence-corrected chi connectivity index (χ1v) is 5.43. The van der Waals surface area contributed by atoms with E-state index in [1.54, 1.807) is 24.5 Å². The number of hydrogen-bond acceptors (Lipinski definition) is 5. The second kappa shape index (κ2) is 4.05. The van der Waals surface area contributed by atoms with Crippen LogP contribution in [0.1, 0.15) is 0 Å². The molecule has 0 aliphatic carbocycles. The molecule has 3 aromatic rings. The van der Waals surface area contributed by atoms with Gasteiger partial charge in [-0.25, -0.2) is 4.98 Å². The summed E-state index contributed by atoms with van der Waals surface area (Å²) in [5.74, 6) is 0.317.